The van der Waals surface area contributed by atoms with Gasteiger partial charge in [0.1, 0.15) is 0 Å². The van der Waals surface area contributed by atoms with Gasteiger partial charge < -0.3 is 9.97 Å². The van der Waals surface area contributed by atoms with Crippen LogP contribution in [0, 0.1) is 0 Å². The van der Waals surface area contributed by atoms with Gasteiger partial charge in [0.05, 0.1) is 22.9 Å². The van der Waals surface area contributed by atoms with E-state index >= 15 is 0 Å². The molecule has 0 amide bonds. The lowest BCUT2D eigenvalue weighted by molar-refractivity contribution is 0.942. The lowest BCUT2D eigenvalue weighted by atomic mass is 10.0. The first-order chi connectivity index (χ1) is 10.3. The second-order valence-electron chi connectivity index (χ2n) is 4.79. The summed E-state index contributed by atoms with van der Waals surface area (Å²) in [6, 6.07) is 13.9. The van der Waals surface area contributed by atoms with Crippen LogP contribution in [0.4, 0.5) is 0 Å². The third kappa shape index (κ3) is 2.02. The van der Waals surface area contributed by atoms with Crippen LogP contribution in [0.2, 0.25) is 0 Å². The Morgan fingerprint density at radius 3 is 2.29 bits per heavy atom. The monoisotopic (exact) mass is 277 g/mol. The summed E-state index contributed by atoms with van der Waals surface area (Å²) in [4.78, 5) is 16.8. The normalized spacial score (nSPS) is 11.0. The van der Waals surface area contributed by atoms with Crippen molar-refractivity contribution >= 4 is 11.0 Å². The van der Waals surface area contributed by atoms with Gasteiger partial charge in [0.15, 0.2) is 0 Å². The zero-order valence-electron chi connectivity index (χ0n) is 10.9. The fourth-order valence-corrected chi connectivity index (χ4v) is 2.39. The van der Waals surface area contributed by atoms with E-state index in [4.69, 9.17) is 0 Å². The van der Waals surface area contributed by atoms with E-state index in [0.29, 0.717) is 0 Å². The fourth-order valence-electron chi connectivity index (χ4n) is 2.39. The zero-order valence-corrected chi connectivity index (χ0v) is 10.9. The van der Waals surface area contributed by atoms with Crippen molar-refractivity contribution in [3.63, 3.8) is 0 Å². The topological polar surface area (TPSA) is 90.2 Å². The number of hydrogen-bond acceptors (Lipinski definition) is 3. The van der Waals surface area contributed by atoms with Crippen LogP contribution in [-0.4, -0.2) is 25.4 Å². The summed E-state index contributed by atoms with van der Waals surface area (Å²) < 4.78 is 0. The predicted octanol–water partition coefficient (Wildman–Crippen LogP) is 2.31. The lowest BCUT2D eigenvalue weighted by Crippen LogP contribution is -1.99. The van der Waals surface area contributed by atoms with Gasteiger partial charge in [-0.15, -0.1) is 5.10 Å². The number of nitrogens with zero attached hydrogens (tertiary/aromatic N) is 2. The van der Waals surface area contributed by atoms with Crippen molar-refractivity contribution in [2.45, 2.75) is 0 Å². The smallest absolute Gasteiger partial charge is 0.306 e. The Morgan fingerprint density at radius 2 is 1.52 bits per heavy atom. The largest absolute Gasteiger partial charge is 0.323 e. The van der Waals surface area contributed by atoms with E-state index in [2.05, 4.69) is 25.4 Å². The molecule has 2 aromatic heterocycles. The van der Waals surface area contributed by atoms with E-state index in [9.17, 15) is 4.79 Å². The summed E-state index contributed by atoms with van der Waals surface area (Å²) in [7, 11) is 0. The van der Waals surface area contributed by atoms with Crippen LogP contribution in [0.1, 0.15) is 0 Å². The second kappa shape index (κ2) is 4.45. The quantitative estimate of drug-likeness (QED) is 0.525. The molecule has 0 aliphatic carbocycles. The summed E-state index contributed by atoms with van der Waals surface area (Å²) in [5, 5.41) is 10.3. The maximum atomic E-state index is 11.3. The first kappa shape index (κ1) is 11.7. The Balaban J connectivity index is 1.75. The highest BCUT2D eigenvalue weighted by atomic mass is 16.1. The van der Waals surface area contributed by atoms with Crippen molar-refractivity contribution in [2.24, 2.45) is 0 Å². The van der Waals surface area contributed by atoms with Crippen LogP contribution >= 0.6 is 0 Å². The minimum Gasteiger partial charge on any atom is -0.306 e. The predicted molar refractivity (Wildman–Crippen MR) is 79.7 cm³/mol. The molecule has 0 unspecified atom stereocenters. The molecule has 21 heavy (non-hydrogen) atoms. The van der Waals surface area contributed by atoms with Crippen LogP contribution in [0.3, 0.4) is 0 Å². The van der Waals surface area contributed by atoms with Gasteiger partial charge in [-0.3, -0.25) is 5.10 Å². The molecule has 6 heteroatoms. The Hall–Kier alpha value is -3.15. The van der Waals surface area contributed by atoms with E-state index in [1.807, 2.05) is 42.5 Å². The minimum absolute atomic E-state index is 0.191. The number of imidazole rings is 1. The Morgan fingerprint density at radius 1 is 0.810 bits per heavy atom. The highest BCUT2D eigenvalue weighted by Gasteiger charge is 2.04. The van der Waals surface area contributed by atoms with Gasteiger partial charge in [-0.1, -0.05) is 35.5 Å². The third-order valence-electron chi connectivity index (χ3n) is 3.46. The molecule has 0 radical (unpaired) electrons. The first-order valence-electron chi connectivity index (χ1n) is 6.48. The van der Waals surface area contributed by atoms with Crippen molar-refractivity contribution in [2.75, 3.05) is 0 Å². The molecule has 0 saturated carbocycles. The van der Waals surface area contributed by atoms with Gasteiger partial charge in [0, 0.05) is 5.56 Å². The lowest BCUT2D eigenvalue weighted by Gasteiger charge is -2.03. The number of aromatic amines is 3. The number of aromatic nitrogens is 5. The van der Waals surface area contributed by atoms with E-state index < -0.39 is 0 Å². The molecule has 2 heterocycles. The van der Waals surface area contributed by atoms with Crippen molar-refractivity contribution in [1.82, 2.24) is 25.4 Å². The van der Waals surface area contributed by atoms with E-state index in [1.54, 1.807) is 6.20 Å². The molecule has 6 nitrogen and oxygen atoms in total. The summed E-state index contributed by atoms with van der Waals surface area (Å²) in [5.74, 6) is 0. The van der Waals surface area contributed by atoms with E-state index in [0.717, 1.165) is 33.4 Å². The van der Waals surface area contributed by atoms with Gasteiger partial charge in [-0.25, -0.2) is 4.79 Å². The molecular weight excluding hydrogens is 266 g/mol. The average molecular weight is 277 g/mol. The maximum Gasteiger partial charge on any atom is 0.323 e. The van der Waals surface area contributed by atoms with Gasteiger partial charge in [-0.2, -0.15) is 0 Å². The van der Waals surface area contributed by atoms with Crippen molar-refractivity contribution in [3.8, 4) is 22.4 Å². The van der Waals surface area contributed by atoms with Crippen LogP contribution in [-0.2, 0) is 0 Å². The maximum absolute atomic E-state index is 11.3. The zero-order chi connectivity index (χ0) is 14.2. The summed E-state index contributed by atoms with van der Waals surface area (Å²) in [5.41, 5.74) is 5.46. The molecule has 0 aliphatic heterocycles. The number of hydrogen-bond donors (Lipinski definition) is 3. The summed E-state index contributed by atoms with van der Waals surface area (Å²) >= 11 is 0. The molecule has 3 N–H and O–H groups in total. The average Bonchev–Trinajstić information content (AvgIpc) is 3.15. The van der Waals surface area contributed by atoms with Crippen molar-refractivity contribution in [1.29, 1.82) is 0 Å². The summed E-state index contributed by atoms with van der Waals surface area (Å²) in [6.07, 6.45) is 1.69. The number of H-pyrrole nitrogens is 3. The van der Waals surface area contributed by atoms with Crippen molar-refractivity contribution in [3.05, 3.63) is 59.1 Å². The van der Waals surface area contributed by atoms with Gasteiger partial charge in [-0.05, 0) is 23.3 Å². The minimum atomic E-state index is -0.191. The van der Waals surface area contributed by atoms with E-state index in [1.165, 1.54) is 0 Å². The third-order valence-corrected chi connectivity index (χ3v) is 3.46. The second-order valence-corrected chi connectivity index (χ2v) is 4.79. The molecule has 0 spiro atoms. The number of benzene rings is 2. The molecule has 0 bridgehead atoms. The van der Waals surface area contributed by atoms with Gasteiger partial charge in [0.2, 0.25) is 0 Å². The molecule has 0 aliphatic rings. The molecule has 2 aromatic carbocycles. The van der Waals surface area contributed by atoms with Gasteiger partial charge in [0.25, 0.3) is 0 Å². The molecule has 4 aromatic rings. The molecule has 0 atom stereocenters. The number of fused-ring (bicyclic) bond motifs is 1. The van der Waals surface area contributed by atoms with E-state index in [-0.39, 0.29) is 5.69 Å². The van der Waals surface area contributed by atoms with Gasteiger partial charge >= 0.3 is 5.69 Å². The Kier molecular flexibility index (Phi) is 2.47. The number of rotatable bonds is 2. The highest BCUT2D eigenvalue weighted by molar-refractivity contribution is 5.81. The Labute approximate surface area is 118 Å². The van der Waals surface area contributed by atoms with Crippen LogP contribution in [0.15, 0.2) is 53.5 Å². The molecule has 102 valence electrons. The number of nitrogens with one attached hydrogen (secondary N) is 3. The van der Waals surface area contributed by atoms with Crippen LogP contribution in [0.25, 0.3) is 33.4 Å². The molecular formula is C15H11N5O. The SMILES string of the molecule is O=c1[nH]c2ccc(-c3ccc(-c4cnn[nH]4)cc3)cc2[nH]1. The van der Waals surface area contributed by atoms with Crippen molar-refractivity contribution < 1.29 is 0 Å². The van der Waals surface area contributed by atoms with Crippen LogP contribution in [0.5, 0.6) is 0 Å². The Bertz CT molecular complexity index is 948. The standard InChI is InChI=1S/C15H11N5O/c21-15-17-12-6-5-11(7-13(12)18-15)9-1-3-10(4-2-9)14-8-16-20-19-14/h1-8H,(H,16,19,20)(H2,17,18,21). The van der Waals surface area contributed by atoms with Crippen LogP contribution < -0.4 is 5.69 Å². The molecule has 4 rings (SSSR count). The highest BCUT2D eigenvalue weighted by Crippen LogP contribution is 2.25. The summed E-state index contributed by atoms with van der Waals surface area (Å²) in [6.45, 7) is 0. The first-order valence-corrected chi connectivity index (χ1v) is 6.48. The fraction of sp³-hybridized carbons (Fsp3) is 0. The molecule has 0 fully saturated rings. The molecule has 0 saturated heterocycles.